The van der Waals surface area contributed by atoms with Crippen LogP contribution in [0.1, 0.15) is 50.7 Å². The fraction of sp³-hybridized carbons (Fsp3) is 0.333. The van der Waals surface area contributed by atoms with Gasteiger partial charge in [0.25, 0.3) is 5.91 Å². The van der Waals surface area contributed by atoms with Crippen LogP contribution in [0.5, 0.6) is 0 Å². The third kappa shape index (κ3) is 6.57. The van der Waals surface area contributed by atoms with Gasteiger partial charge in [-0.15, -0.1) is 11.3 Å². The Labute approximate surface area is 208 Å². The van der Waals surface area contributed by atoms with Gasteiger partial charge in [0.05, 0.1) is 21.5 Å². The molecule has 1 aromatic carbocycles. The van der Waals surface area contributed by atoms with Gasteiger partial charge in [-0.2, -0.15) is 13.2 Å². The molecule has 0 aliphatic rings. The second-order valence-electron chi connectivity index (χ2n) is 7.86. The van der Waals surface area contributed by atoms with Crippen LogP contribution in [0, 0.1) is 0 Å². The largest absolute Gasteiger partial charge is 0.417 e. The summed E-state index contributed by atoms with van der Waals surface area (Å²) in [6, 6.07) is 2.68. The molecule has 0 fully saturated rings. The summed E-state index contributed by atoms with van der Waals surface area (Å²) in [4.78, 5) is 27.2. The van der Waals surface area contributed by atoms with E-state index in [-0.39, 0.29) is 17.2 Å². The molecule has 0 saturated heterocycles. The number of carbonyl (C=O) groups excluding carboxylic acids is 1. The van der Waals surface area contributed by atoms with Crippen LogP contribution in [-0.4, -0.2) is 45.0 Å². The number of anilines is 2. The Kier molecular flexibility index (Phi) is 8.15. The summed E-state index contributed by atoms with van der Waals surface area (Å²) in [5.41, 5.74) is 5.56. The van der Waals surface area contributed by atoms with Gasteiger partial charge >= 0.3 is 6.18 Å². The molecule has 0 aliphatic carbocycles. The molecule has 0 radical (unpaired) electrons. The van der Waals surface area contributed by atoms with E-state index in [1.54, 1.807) is 6.92 Å². The van der Waals surface area contributed by atoms with Gasteiger partial charge in [0.1, 0.15) is 22.8 Å². The van der Waals surface area contributed by atoms with Crippen molar-refractivity contribution in [2.24, 2.45) is 0 Å². The quantitative estimate of drug-likeness (QED) is 0.324. The van der Waals surface area contributed by atoms with Crippen LogP contribution >= 0.6 is 22.9 Å². The molecule has 0 spiro atoms. The highest BCUT2D eigenvalue weighted by molar-refractivity contribution is 7.11. The van der Waals surface area contributed by atoms with Crippen LogP contribution in [0.2, 0.25) is 5.02 Å². The first-order chi connectivity index (χ1) is 16.4. The molecule has 2 atom stereocenters. The molecular weight excluding hydrogens is 507 g/mol. The summed E-state index contributed by atoms with van der Waals surface area (Å²) in [6.07, 6.45) is -3.38. The summed E-state index contributed by atoms with van der Waals surface area (Å²) in [7, 11) is 3.64. The molecule has 0 saturated carbocycles. The molecule has 3 aromatic rings. The van der Waals surface area contributed by atoms with E-state index in [0.717, 1.165) is 23.5 Å². The van der Waals surface area contributed by atoms with Gasteiger partial charge in [-0.05, 0) is 39.2 Å². The van der Waals surface area contributed by atoms with Crippen LogP contribution in [0.4, 0.5) is 24.7 Å². The number of thiazole rings is 1. The predicted molar refractivity (Wildman–Crippen MR) is 127 cm³/mol. The van der Waals surface area contributed by atoms with Crippen molar-refractivity contribution >= 4 is 40.4 Å². The topological polar surface area (TPSA) is 129 Å². The zero-order chi connectivity index (χ0) is 25.9. The number of nitrogens with zero attached hydrogens (tertiary/aromatic N) is 4. The molecule has 2 heterocycles. The number of carbonyl (C=O) groups is 1. The number of hydrogen-bond acceptors (Lipinski definition) is 9. The average molecular weight is 530 g/mol. The van der Waals surface area contributed by atoms with Crippen molar-refractivity contribution in [1.29, 1.82) is 0 Å². The maximum absolute atomic E-state index is 13.1. The number of hydrogen-bond donors (Lipinski definition) is 4. The van der Waals surface area contributed by atoms with E-state index in [0.29, 0.717) is 22.0 Å². The summed E-state index contributed by atoms with van der Waals surface area (Å²) >= 11 is 6.72. The number of nitrogens with two attached hydrogens (primary N) is 1. The smallest absolute Gasteiger partial charge is 0.383 e. The Morgan fingerprint density at radius 1 is 1.29 bits per heavy atom. The Bertz CT molecular complexity index is 1210. The molecule has 0 bridgehead atoms. The minimum atomic E-state index is -4.63. The molecule has 35 heavy (non-hydrogen) atoms. The highest BCUT2D eigenvalue weighted by Gasteiger charge is 2.33. The number of aromatic nitrogens is 3. The van der Waals surface area contributed by atoms with Gasteiger partial charge in [-0.25, -0.2) is 15.0 Å². The summed E-state index contributed by atoms with van der Waals surface area (Å²) in [6.45, 7) is 2.06. The third-order valence-corrected chi connectivity index (χ3v) is 6.33. The second kappa shape index (κ2) is 10.7. The van der Waals surface area contributed by atoms with E-state index in [1.165, 1.54) is 18.6 Å². The molecule has 3 rings (SSSR count). The highest BCUT2D eigenvalue weighted by Crippen LogP contribution is 2.37. The number of alkyl halides is 3. The molecule has 188 valence electrons. The number of nitrogen functional groups attached to an aromatic ring is 1. The Balaban J connectivity index is 1.71. The Morgan fingerprint density at radius 3 is 2.66 bits per heavy atom. The van der Waals surface area contributed by atoms with Crippen molar-refractivity contribution in [2.45, 2.75) is 31.9 Å². The lowest BCUT2D eigenvalue weighted by Gasteiger charge is -2.16. The SMILES string of the molecule is CC(NC(=O)c1ncnc(N)c1CN(C)C)c1ncc(C(O)Nc2ccc(Cl)c(C(F)(F)F)c2)s1. The summed E-state index contributed by atoms with van der Waals surface area (Å²) in [5.74, 6) is -0.271. The standard InChI is InChI=1S/C21H23ClF3N7O2S/c1-10(30-19(34)16-12(8-32(2)3)17(26)29-9-28-16)20-27-7-15(35-20)18(33)31-11-4-5-14(22)13(6-11)21(23,24)25/h4-7,9-10,18,31,33H,8H2,1-3H3,(H,30,34)(H2,26,28,29). The van der Waals surface area contributed by atoms with Crippen molar-refractivity contribution in [3.63, 3.8) is 0 Å². The normalized spacial score (nSPS) is 13.5. The highest BCUT2D eigenvalue weighted by atomic mass is 35.5. The first-order valence-electron chi connectivity index (χ1n) is 10.2. The van der Waals surface area contributed by atoms with E-state index in [2.05, 4.69) is 25.6 Å². The van der Waals surface area contributed by atoms with Crippen LogP contribution in [0.3, 0.4) is 0 Å². The molecule has 14 heteroatoms. The van der Waals surface area contributed by atoms with Crippen LogP contribution in [-0.2, 0) is 12.7 Å². The Morgan fingerprint density at radius 2 is 2.00 bits per heavy atom. The first-order valence-corrected chi connectivity index (χ1v) is 11.4. The fourth-order valence-corrected chi connectivity index (χ4v) is 4.19. The molecular formula is C21H23ClF3N7O2S. The van der Waals surface area contributed by atoms with Gasteiger partial charge < -0.3 is 26.4 Å². The van der Waals surface area contributed by atoms with E-state index in [1.807, 2.05) is 19.0 Å². The lowest BCUT2D eigenvalue weighted by atomic mass is 10.1. The number of aliphatic hydroxyl groups excluding tert-OH is 1. The second-order valence-corrected chi connectivity index (χ2v) is 9.36. The molecule has 1 amide bonds. The number of aliphatic hydroxyl groups is 1. The van der Waals surface area contributed by atoms with Crippen molar-refractivity contribution in [2.75, 3.05) is 25.1 Å². The van der Waals surface area contributed by atoms with Gasteiger partial charge in [0.15, 0.2) is 6.23 Å². The van der Waals surface area contributed by atoms with Crippen molar-refractivity contribution in [1.82, 2.24) is 25.2 Å². The third-order valence-electron chi connectivity index (χ3n) is 4.77. The van der Waals surface area contributed by atoms with Crippen molar-refractivity contribution < 1.29 is 23.1 Å². The van der Waals surface area contributed by atoms with Gasteiger partial charge in [0, 0.05) is 24.0 Å². The summed E-state index contributed by atoms with van der Waals surface area (Å²) in [5, 5.41) is 15.9. The Hall–Kier alpha value is -3.00. The fourth-order valence-electron chi connectivity index (χ4n) is 3.11. The lowest BCUT2D eigenvalue weighted by molar-refractivity contribution is -0.137. The molecule has 9 nitrogen and oxygen atoms in total. The molecule has 2 unspecified atom stereocenters. The number of benzene rings is 1. The summed E-state index contributed by atoms with van der Waals surface area (Å²) < 4.78 is 39.2. The van der Waals surface area contributed by atoms with E-state index in [4.69, 9.17) is 17.3 Å². The minimum Gasteiger partial charge on any atom is -0.383 e. The number of halogens is 4. The van der Waals surface area contributed by atoms with E-state index < -0.39 is 34.9 Å². The molecule has 2 aromatic heterocycles. The minimum absolute atomic E-state index is 0.0281. The van der Waals surface area contributed by atoms with Gasteiger partial charge in [0.2, 0.25) is 0 Å². The van der Waals surface area contributed by atoms with E-state index in [9.17, 15) is 23.1 Å². The van der Waals surface area contributed by atoms with Crippen LogP contribution in [0.15, 0.2) is 30.7 Å². The van der Waals surface area contributed by atoms with Crippen molar-refractivity contribution in [3.8, 4) is 0 Å². The predicted octanol–water partition coefficient (Wildman–Crippen LogP) is 3.84. The monoisotopic (exact) mass is 529 g/mol. The zero-order valence-electron chi connectivity index (χ0n) is 18.9. The van der Waals surface area contributed by atoms with Crippen molar-refractivity contribution in [3.05, 3.63) is 62.5 Å². The molecule has 5 N–H and O–H groups in total. The first kappa shape index (κ1) is 26.6. The maximum Gasteiger partial charge on any atom is 0.417 e. The number of rotatable bonds is 8. The van der Waals surface area contributed by atoms with Gasteiger partial charge in [-0.3, -0.25) is 4.79 Å². The number of nitrogens with one attached hydrogen (secondary N) is 2. The van der Waals surface area contributed by atoms with Crippen LogP contribution < -0.4 is 16.4 Å². The van der Waals surface area contributed by atoms with Crippen LogP contribution in [0.25, 0.3) is 0 Å². The number of amides is 1. The maximum atomic E-state index is 13.1. The van der Waals surface area contributed by atoms with Gasteiger partial charge in [-0.1, -0.05) is 11.6 Å². The van der Waals surface area contributed by atoms with E-state index >= 15 is 0 Å². The average Bonchev–Trinajstić information content (AvgIpc) is 3.26. The molecule has 0 aliphatic heterocycles. The zero-order valence-corrected chi connectivity index (χ0v) is 20.5. The lowest BCUT2D eigenvalue weighted by Crippen LogP contribution is -2.30.